The number of carboxylic acids is 2. The van der Waals surface area contributed by atoms with Crippen molar-refractivity contribution in [3.8, 4) is 0 Å². The molecular formula is C33H37N3O6. The summed E-state index contributed by atoms with van der Waals surface area (Å²) in [5.41, 5.74) is 4.46. The van der Waals surface area contributed by atoms with Crippen molar-refractivity contribution in [3.63, 3.8) is 0 Å². The SMILES string of the molecule is C.O=C(Nc1ccc2c(CCC3CCN(Cc4ccccc4)CC3)noc2c1)c1ccccc1.O=C(O)/C=C\C(=O)O. The zero-order valence-electron chi connectivity index (χ0n) is 22.6. The largest absolute Gasteiger partial charge is 0.478 e. The first-order chi connectivity index (χ1) is 19.9. The third-order valence-corrected chi connectivity index (χ3v) is 6.95. The summed E-state index contributed by atoms with van der Waals surface area (Å²) < 4.78 is 5.59. The molecule has 42 heavy (non-hydrogen) atoms. The molecule has 0 unspecified atom stereocenters. The second-order valence-corrected chi connectivity index (χ2v) is 9.91. The van der Waals surface area contributed by atoms with E-state index in [9.17, 15) is 14.4 Å². The number of piperidine rings is 1. The maximum Gasteiger partial charge on any atom is 0.328 e. The predicted octanol–water partition coefficient (Wildman–Crippen LogP) is 6.27. The van der Waals surface area contributed by atoms with Gasteiger partial charge in [-0.15, -0.1) is 0 Å². The number of hydrogen-bond donors (Lipinski definition) is 3. The Hall–Kier alpha value is -4.76. The highest BCUT2D eigenvalue weighted by molar-refractivity contribution is 6.05. The summed E-state index contributed by atoms with van der Waals surface area (Å²) in [5.74, 6) is -1.92. The van der Waals surface area contributed by atoms with Gasteiger partial charge in [-0.2, -0.15) is 0 Å². The lowest BCUT2D eigenvalue weighted by Crippen LogP contribution is -2.33. The van der Waals surface area contributed by atoms with Gasteiger partial charge in [-0.05, 0) is 74.5 Å². The molecule has 0 spiro atoms. The summed E-state index contributed by atoms with van der Waals surface area (Å²) in [7, 11) is 0. The molecule has 3 N–H and O–H groups in total. The number of nitrogens with zero attached hydrogens (tertiary/aromatic N) is 2. The van der Waals surface area contributed by atoms with Gasteiger partial charge in [0.2, 0.25) is 0 Å². The van der Waals surface area contributed by atoms with Crippen LogP contribution in [0.5, 0.6) is 0 Å². The molecule has 3 aromatic carbocycles. The van der Waals surface area contributed by atoms with Crippen molar-refractivity contribution in [1.82, 2.24) is 10.1 Å². The Kier molecular flexibility index (Phi) is 12.0. The van der Waals surface area contributed by atoms with E-state index in [1.165, 1.54) is 18.4 Å². The number of nitrogens with one attached hydrogen (secondary N) is 1. The maximum absolute atomic E-state index is 12.4. The highest BCUT2D eigenvalue weighted by atomic mass is 16.5. The van der Waals surface area contributed by atoms with Crippen LogP contribution in [0.4, 0.5) is 5.69 Å². The van der Waals surface area contributed by atoms with Crippen LogP contribution in [0.1, 0.15) is 48.3 Å². The van der Waals surface area contributed by atoms with E-state index in [0.717, 1.165) is 49.5 Å². The molecule has 1 amide bonds. The van der Waals surface area contributed by atoms with Crippen molar-refractivity contribution >= 4 is 34.5 Å². The molecule has 1 aliphatic heterocycles. The summed E-state index contributed by atoms with van der Waals surface area (Å²) in [5, 5.41) is 23.9. The number of hydrogen-bond acceptors (Lipinski definition) is 6. The molecule has 1 aromatic heterocycles. The molecule has 2 heterocycles. The number of aliphatic carboxylic acids is 2. The standard InChI is InChI=1S/C28H29N3O2.C4H4O4.CH4/c32-28(23-9-5-2-6-10-23)29-24-12-13-25-26(30-33-27(25)19-24)14-11-21-15-17-31(18-16-21)20-22-7-3-1-4-8-22;5-3(6)1-2-4(7)8;/h1-10,12-13,19,21H,11,14-18,20H2,(H,29,32);1-2H,(H,5,6)(H,7,8);1H4/b;2-1-;. The molecule has 0 radical (unpaired) electrons. The molecule has 0 bridgehead atoms. The minimum atomic E-state index is -1.26. The lowest BCUT2D eigenvalue weighted by atomic mass is 9.91. The van der Waals surface area contributed by atoms with Crippen LogP contribution in [0.3, 0.4) is 0 Å². The number of rotatable bonds is 9. The van der Waals surface area contributed by atoms with Crippen molar-refractivity contribution in [3.05, 3.63) is 108 Å². The Balaban J connectivity index is 0.000000475. The summed E-state index contributed by atoms with van der Waals surface area (Å²) in [4.78, 5) is 34.1. The van der Waals surface area contributed by atoms with Gasteiger partial charge in [0.1, 0.15) is 0 Å². The van der Waals surface area contributed by atoms with Crippen LogP contribution in [0, 0.1) is 5.92 Å². The summed E-state index contributed by atoms with van der Waals surface area (Å²) in [6.07, 6.45) is 5.64. The van der Waals surface area contributed by atoms with E-state index in [4.69, 9.17) is 14.7 Å². The molecule has 9 heteroatoms. The fourth-order valence-corrected chi connectivity index (χ4v) is 4.80. The number of anilines is 1. The fourth-order valence-electron chi connectivity index (χ4n) is 4.80. The molecule has 5 rings (SSSR count). The van der Waals surface area contributed by atoms with Gasteiger partial charge in [0.25, 0.3) is 5.91 Å². The number of fused-ring (bicyclic) bond motifs is 1. The maximum atomic E-state index is 12.4. The first-order valence-electron chi connectivity index (χ1n) is 13.5. The Morgan fingerprint density at radius 2 is 1.52 bits per heavy atom. The van der Waals surface area contributed by atoms with Gasteiger partial charge in [0.05, 0.1) is 5.69 Å². The first-order valence-corrected chi connectivity index (χ1v) is 13.5. The minimum Gasteiger partial charge on any atom is -0.478 e. The van der Waals surface area contributed by atoms with Gasteiger partial charge >= 0.3 is 11.9 Å². The molecule has 220 valence electrons. The predicted molar refractivity (Wildman–Crippen MR) is 162 cm³/mol. The van der Waals surface area contributed by atoms with Crippen LogP contribution >= 0.6 is 0 Å². The number of likely N-dealkylation sites (tertiary alicyclic amines) is 1. The first kappa shape index (κ1) is 31.8. The fraction of sp³-hybridized carbons (Fsp3) is 0.273. The number of carbonyl (C=O) groups excluding carboxylic acids is 1. The zero-order valence-corrected chi connectivity index (χ0v) is 22.6. The van der Waals surface area contributed by atoms with Crippen LogP contribution < -0.4 is 5.32 Å². The van der Waals surface area contributed by atoms with Crippen LogP contribution in [0.25, 0.3) is 11.0 Å². The Labute approximate surface area is 245 Å². The Morgan fingerprint density at radius 1 is 0.905 bits per heavy atom. The van der Waals surface area contributed by atoms with Gasteiger partial charge in [0.15, 0.2) is 5.58 Å². The van der Waals surface area contributed by atoms with Crippen molar-refractivity contribution in [2.24, 2.45) is 5.92 Å². The minimum absolute atomic E-state index is 0. The lowest BCUT2D eigenvalue weighted by Gasteiger charge is -2.31. The van der Waals surface area contributed by atoms with Crippen molar-refractivity contribution in [2.75, 3.05) is 18.4 Å². The Bertz CT molecular complexity index is 1460. The number of aromatic nitrogens is 1. The van der Waals surface area contributed by atoms with Crippen LogP contribution in [0.15, 0.2) is 95.5 Å². The van der Waals surface area contributed by atoms with Gasteiger partial charge in [-0.25, -0.2) is 9.59 Å². The molecular weight excluding hydrogens is 534 g/mol. The number of carbonyl (C=O) groups is 3. The van der Waals surface area contributed by atoms with E-state index < -0.39 is 11.9 Å². The molecule has 0 saturated carbocycles. The average Bonchev–Trinajstić information content (AvgIpc) is 3.39. The quantitative estimate of drug-likeness (QED) is 0.200. The Morgan fingerprint density at radius 3 is 2.14 bits per heavy atom. The van der Waals surface area contributed by atoms with Crippen LogP contribution in [0.2, 0.25) is 0 Å². The monoisotopic (exact) mass is 571 g/mol. The molecule has 0 aliphatic carbocycles. The molecule has 9 nitrogen and oxygen atoms in total. The van der Waals surface area contributed by atoms with E-state index in [2.05, 4.69) is 45.7 Å². The highest BCUT2D eigenvalue weighted by Gasteiger charge is 2.20. The molecule has 1 aliphatic rings. The molecule has 0 atom stereocenters. The van der Waals surface area contributed by atoms with E-state index in [1.54, 1.807) is 12.1 Å². The van der Waals surface area contributed by atoms with Crippen LogP contribution in [-0.4, -0.2) is 51.2 Å². The summed E-state index contributed by atoms with van der Waals surface area (Å²) in [6.45, 7) is 3.36. The van der Waals surface area contributed by atoms with Crippen molar-refractivity contribution in [2.45, 2.75) is 39.7 Å². The molecule has 1 fully saturated rings. The second-order valence-electron chi connectivity index (χ2n) is 9.91. The third-order valence-electron chi connectivity index (χ3n) is 6.95. The number of benzene rings is 3. The van der Waals surface area contributed by atoms with E-state index >= 15 is 0 Å². The van der Waals surface area contributed by atoms with E-state index in [0.29, 0.717) is 29.0 Å². The van der Waals surface area contributed by atoms with E-state index in [1.807, 2.05) is 36.4 Å². The van der Waals surface area contributed by atoms with Gasteiger partial charge < -0.3 is 20.1 Å². The third kappa shape index (κ3) is 9.71. The summed E-state index contributed by atoms with van der Waals surface area (Å²) in [6, 6.07) is 25.7. The second kappa shape index (κ2) is 15.9. The highest BCUT2D eigenvalue weighted by Crippen LogP contribution is 2.27. The van der Waals surface area contributed by atoms with Crippen LogP contribution in [-0.2, 0) is 22.6 Å². The normalized spacial score (nSPS) is 13.6. The molecule has 4 aromatic rings. The average molecular weight is 572 g/mol. The summed E-state index contributed by atoms with van der Waals surface area (Å²) >= 11 is 0. The number of carboxylic acid groups (broad SMARTS) is 2. The van der Waals surface area contributed by atoms with Crippen molar-refractivity contribution < 1.29 is 29.1 Å². The number of aryl methyl sites for hydroxylation is 1. The van der Waals surface area contributed by atoms with E-state index in [-0.39, 0.29) is 13.3 Å². The van der Waals surface area contributed by atoms with Gasteiger partial charge in [-0.1, -0.05) is 61.1 Å². The lowest BCUT2D eigenvalue weighted by molar-refractivity contribution is -0.134. The van der Waals surface area contributed by atoms with Crippen molar-refractivity contribution in [1.29, 1.82) is 0 Å². The molecule has 1 saturated heterocycles. The zero-order chi connectivity index (χ0) is 29.0. The van der Waals surface area contributed by atoms with Gasteiger partial charge in [-0.3, -0.25) is 9.69 Å². The topological polar surface area (TPSA) is 133 Å². The smallest absolute Gasteiger partial charge is 0.328 e. The number of amides is 1. The van der Waals surface area contributed by atoms with Gasteiger partial charge in [0, 0.05) is 41.4 Å².